The Kier molecular flexibility index (Phi) is 8.91. The molecule has 0 bridgehead atoms. The molecule has 0 saturated heterocycles. The molecule has 0 amide bonds. The second-order valence-electron chi connectivity index (χ2n) is 12.4. The van der Waals surface area contributed by atoms with Crippen LogP contribution in [-0.4, -0.2) is 18.0 Å². The van der Waals surface area contributed by atoms with E-state index in [1.807, 2.05) is 46.0 Å². The van der Waals surface area contributed by atoms with Crippen molar-refractivity contribution in [3.63, 3.8) is 0 Å². The van der Waals surface area contributed by atoms with E-state index in [1.165, 1.54) is 29.6 Å². The molecule has 3 aromatic carbocycles. The van der Waals surface area contributed by atoms with Gasteiger partial charge in [-0.3, -0.25) is 0 Å². The molecule has 0 fully saturated rings. The Morgan fingerprint density at radius 3 is 2.24 bits per heavy atom. The summed E-state index contributed by atoms with van der Waals surface area (Å²) in [7, 11) is -1.61. The Morgan fingerprint density at radius 1 is 0.867 bits per heavy atom. The van der Waals surface area contributed by atoms with Gasteiger partial charge in [0.1, 0.15) is 17.2 Å². The first-order valence-corrected chi connectivity index (χ1v) is 18.1. The first-order chi connectivity index (χ1) is 22.3. The van der Waals surface area contributed by atoms with Crippen molar-refractivity contribution in [3.8, 4) is 22.5 Å². The van der Waals surface area contributed by atoms with Crippen LogP contribution < -0.4 is 5.19 Å². The summed E-state index contributed by atoms with van der Waals surface area (Å²) in [4.78, 5) is 8.75. The van der Waals surface area contributed by atoms with Gasteiger partial charge in [-0.15, -0.1) is 53.6 Å². The van der Waals surface area contributed by atoms with Crippen molar-refractivity contribution in [2.45, 2.75) is 66.0 Å². The van der Waals surface area contributed by atoms with Crippen molar-refractivity contribution in [2.75, 3.05) is 0 Å². The fourth-order valence-electron chi connectivity index (χ4n) is 5.14. The molecule has 0 saturated carbocycles. The van der Waals surface area contributed by atoms with Crippen LogP contribution in [0.15, 0.2) is 77.5 Å². The van der Waals surface area contributed by atoms with Crippen molar-refractivity contribution < 1.29 is 38.8 Å². The minimum Gasteiger partial charge on any atom is -0.500 e. The topological polar surface area (TPSA) is 38.9 Å². The Hall–Kier alpha value is -3.51. The number of aryl methyl sites for hydroxylation is 1. The summed E-state index contributed by atoms with van der Waals surface area (Å²) in [6.07, 6.45) is 3.11. The van der Waals surface area contributed by atoms with Crippen LogP contribution in [0, 0.1) is 30.6 Å². The molecule has 0 aliphatic heterocycles. The van der Waals surface area contributed by atoms with E-state index in [-0.39, 0.29) is 43.2 Å². The molecule has 3 heterocycles. The molecule has 0 N–H and O–H groups in total. The first kappa shape index (κ1) is 28.9. The Bertz CT molecular complexity index is 2100. The fourth-order valence-corrected chi connectivity index (χ4v) is 6.72. The maximum absolute atomic E-state index is 13.9. The van der Waals surface area contributed by atoms with Crippen LogP contribution >= 0.6 is 0 Å². The van der Waals surface area contributed by atoms with Crippen LogP contribution in [0.4, 0.5) is 8.78 Å². The second kappa shape index (κ2) is 13.9. The van der Waals surface area contributed by atoms with E-state index in [9.17, 15) is 8.78 Å². The molecular formula is C38H38F2IrN2OSi-2. The van der Waals surface area contributed by atoms with Gasteiger partial charge in [0.15, 0.2) is 0 Å². The fraction of sp³-hybridized carbons (Fsp3) is 0.263. The standard InChI is InChI=1S/C20H14F2NO.C18H24NSi.Ir/c1-11(2)16-9-18(23-10-17(16)22)15-5-3-4-14-13-7-6-12(21)8-19(13)24-20(14)15;1-13(2)16-11-17(15-9-7-14(3)8-10-15)19-12-18(16)20(4,5)6;/h3-4,6-11H,1-2H3;7-9,11-13H,1-6H3;/q2*-1;/i;3D3,13D;. The summed E-state index contributed by atoms with van der Waals surface area (Å²) < 4.78 is 64.0. The molecule has 6 rings (SSSR count). The number of fused-ring (bicyclic) bond motifs is 3. The second-order valence-corrected chi connectivity index (χ2v) is 17.5. The van der Waals surface area contributed by atoms with E-state index in [0.717, 1.165) is 27.6 Å². The van der Waals surface area contributed by atoms with Crippen LogP contribution in [0.1, 0.15) is 61.7 Å². The minimum absolute atomic E-state index is 0. The van der Waals surface area contributed by atoms with Gasteiger partial charge in [-0.2, -0.15) is 0 Å². The number of hydrogen-bond acceptors (Lipinski definition) is 3. The molecule has 0 atom stereocenters. The molecule has 45 heavy (non-hydrogen) atoms. The molecule has 235 valence electrons. The van der Waals surface area contributed by atoms with Gasteiger partial charge in [-0.1, -0.05) is 82.8 Å². The minimum atomic E-state index is -2.13. The Morgan fingerprint density at radius 2 is 1.60 bits per heavy atom. The molecule has 3 nitrogen and oxygen atoms in total. The molecule has 0 aliphatic rings. The number of nitrogens with zero attached hydrogens (tertiary/aromatic N) is 2. The third-order valence-electron chi connectivity index (χ3n) is 7.50. The maximum Gasteiger partial charge on any atom is 0.143 e. The molecular weight excluding hydrogens is 759 g/mol. The third kappa shape index (κ3) is 7.49. The summed E-state index contributed by atoms with van der Waals surface area (Å²) in [6.45, 7) is 12.2. The normalized spacial score (nSPS) is 13.4. The Labute approximate surface area is 285 Å². The number of pyridine rings is 2. The molecule has 1 radical (unpaired) electrons. The summed E-state index contributed by atoms with van der Waals surface area (Å²) >= 11 is 0. The summed E-state index contributed by atoms with van der Waals surface area (Å²) in [5.74, 6) is -1.36. The zero-order valence-electron chi connectivity index (χ0n) is 30.4. The van der Waals surface area contributed by atoms with Crippen molar-refractivity contribution in [1.82, 2.24) is 9.97 Å². The summed E-state index contributed by atoms with van der Waals surface area (Å²) in [5, 5.41) is 2.87. The Balaban J connectivity index is 0.000000216. The molecule has 7 heteroatoms. The molecule has 3 aromatic heterocycles. The zero-order chi connectivity index (χ0) is 35.2. The molecule has 0 aliphatic carbocycles. The van der Waals surface area contributed by atoms with Crippen LogP contribution in [0.2, 0.25) is 19.6 Å². The molecule has 0 spiro atoms. The quantitative estimate of drug-likeness (QED) is 0.129. The van der Waals surface area contributed by atoms with Gasteiger partial charge in [0, 0.05) is 43.2 Å². The van der Waals surface area contributed by atoms with Crippen molar-refractivity contribution >= 4 is 35.2 Å². The van der Waals surface area contributed by atoms with Gasteiger partial charge in [-0.05, 0) is 46.1 Å². The van der Waals surface area contributed by atoms with E-state index in [0.29, 0.717) is 28.0 Å². The predicted octanol–water partition coefficient (Wildman–Crippen LogP) is 10.4. The van der Waals surface area contributed by atoms with Gasteiger partial charge in [0.25, 0.3) is 0 Å². The summed E-state index contributed by atoms with van der Waals surface area (Å²) in [5.41, 5.74) is 5.60. The van der Waals surface area contributed by atoms with Crippen molar-refractivity contribution in [3.05, 3.63) is 114 Å². The average Bonchev–Trinajstić information content (AvgIpc) is 3.38. The molecule has 6 aromatic rings. The van der Waals surface area contributed by atoms with Crippen LogP contribution in [0.25, 0.3) is 44.5 Å². The maximum atomic E-state index is 13.9. The van der Waals surface area contributed by atoms with Gasteiger partial charge in [-0.25, -0.2) is 8.78 Å². The van der Waals surface area contributed by atoms with Gasteiger partial charge >= 0.3 is 0 Å². The monoisotopic (exact) mass is 801 g/mol. The molecule has 0 unspecified atom stereocenters. The number of halogens is 2. The zero-order valence-corrected chi connectivity index (χ0v) is 29.8. The largest absolute Gasteiger partial charge is 0.500 e. The SMILES string of the molecule is CC(C)c1cc(-c2[c-]ccc3c2oc2cc(F)ccc23)ncc1F.[2H]C([2H])([2H])c1c[c-]c(-c2cc(C([2H])(C)C)c([Si](C)(C)C)cn2)cc1.[Ir]. The summed E-state index contributed by atoms with van der Waals surface area (Å²) in [6, 6.07) is 22.8. The predicted molar refractivity (Wildman–Crippen MR) is 180 cm³/mol. The van der Waals surface area contributed by atoms with E-state index in [2.05, 4.69) is 41.7 Å². The number of benzene rings is 3. The van der Waals surface area contributed by atoms with Crippen LogP contribution in [0.3, 0.4) is 0 Å². The smallest absolute Gasteiger partial charge is 0.143 e. The van der Waals surface area contributed by atoms with E-state index in [4.69, 9.17) is 9.90 Å². The van der Waals surface area contributed by atoms with E-state index >= 15 is 0 Å². The van der Waals surface area contributed by atoms with Crippen LogP contribution in [0.5, 0.6) is 0 Å². The van der Waals surface area contributed by atoms with Gasteiger partial charge in [0.05, 0.1) is 19.9 Å². The van der Waals surface area contributed by atoms with Crippen LogP contribution in [-0.2, 0) is 20.1 Å². The third-order valence-corrected chi connectivity index (χ3v) is 9.51. The van der Waals surface area contributed by atoms with Crippen molar-refractivity contribution in [2.24, 2.45) is 0 Å². The number of hydrogen-bond donors (Lipinski definition) is 0. The van der Waals surface area contributed by atoms with E-state index < -0.39 is 20.8 Å². The van der Waals surface area contributed by atoms with Gasteiger partial charge in [0.2, 0.25) is 0 Å². The number of rotatable bonds is 5. The van der Waals surface area contributed by atoms with E-state index in [1.54, 1.807) is 30.3 Å². The van der Waals surface area contributed by atoms with Gasteiger partial charge < -0.3 is 14.4 Å². The average molecular weight is 801 g/mol. The van der Waals surface area contributed by atoms with Crippen molar-refractivity contribution in [1.29, 1.82) is 0 Å². The number of furan rings is 1. The number of aromatic nitrogens is 2. The first-order valence-electron chi connectivity index (χ1n) is 16.6.